The SMILES string of the molecule is Cc1nn(CC(C)C)c(C)c1CC(=O)N[C@@H](C)c1cccc(C(F)(F)F)c1. The van der Waals surface area contributed by atoms with Crippen molar-refractivity contribution in [2.45, 2.75) is 59.8 Å². The first-order valence-corrected chi connectivity index (χ1v) is 8.98. The Balaban J connectivity index is 2.09. The molecule has 0 aliphatic carbocycles. The Bertz CT molecular complexity index is 809. The van der Waals surface area contributed by atoms with E-state index in [2.05, 4.69) is 24.3 Å². The lowest BCUT2D eigenvalue weighted by atomic mass is 10.0. The third kappa shape index (κ3) is 5.34. The number of hydrogen-bond donors (Lipinski definition) is 1. The van der Waals surface area contributed by atoms with Crippen molar-refractivity contribution < 1.29 is 18.0 Å². The van der Waals surface area contributed by atoms with Gasteiger partial charge in [-0.15, -0.1) is 0 Å². The third-order valence-electron chi connectivity index (χ3n) is 4.50. The zero-order chi connectivity index (χ0) is 20.4. The summed E-state index contributed by atoms with van der Waals surface area (Å²) in [5, 5.41) is 7.28. The molecular formula is C20H26F3N3O. The van der Waals surface area contributed by atoms with Gasteiger partial charge in [0.2, 0.25) is 5.91 Å². The fourth-order valence-electron chi connectivity index (χ4n) is 3.03. The number of carbonyl (C=O) groups is 1. The average molecular weight is 381 g/mol. The van der Waals surface area contributed by atoms with Crippen molar-refractivity contribution in [3.63, 3.8) is 0 Å². The largest absolute Gasteiger partial charge is 0.416 e. The minimum absolute atomic E-state index is 0.152. The van der Waals surface area contributed by atoms with E-state index in [1.165, 1.54) is 6.07 Å². The number of aryl methyl sites for hydroxylation is 1. The molecule has 0 saturated carbocycles. The molecule has 4 nitrogen and oxygen atoms in total. The molecule has 0 spiro atoms. The van der Waals surface area contributed by atoms with E-state index in [9.17, 15) is 18.0 Å². The summed E-state index contributed by atoms with van der Waals surface area (Å²) in [5.74, 6) is 0.195. The molecule has 0 fully saturated rings. The zero-order valence-corrected chi connectivity index (χ0v) is 16.3. The van der Waals surface area contributed by atoms with E-state index in [4.69, 9.17) is 0 Å². The Hall–Kier alpha value is -2.31. The van der Waals surface area contributed by atoms with E-state index in [0.29, 0.717) is 11.5 Å². The summed E-state index contributed by atoms with van der Waals surface area (Å²) in [6, 6.07) is 4.50. The standard InChI is InChI=1S/C20H26F3N3O/c1-12(2)11-26-15(5)18(14(4)25-26)10-19(27)24-13(3)16-7-6-8-17(9-16)20(21,22)23/h6-9,12-13H,10-11H2,1-5H3,(H,24,27)/t13-/m0/s1. The smallest absolute Gasteiger partial charge is 0.349 e. The van der Waals surface area contributed by atoms with E-state index in [1.54, 1.807) is 13.0 Å². The average Bonchev–Trinajstić information content (AvgIpc) is 2.81. The molecule has 2 rings (SSSR count). The van der Waals surface area contributed by atoms with Crippen LogP contribution < -0.4 is 5.32 Å². The van der Waals surface area contributed by atoms with E-state index < -0.39 is 17.8 Å². The van der Waals surface area contributed by atoms with Crippen molar-refractivity contribution in [1.82, 2.24) is 15.1 Å². The third-order valence-corrected chi connectivity index (χ3v) is 4.50. The van der Waals surface area contributed by atoms with Gasteiger partial charge in [-0.2, -0.15) is 18.3 Å². The molecule has 1 amide bonds. The highest BCUT2D eigenvalue weighted by molar-refractivity contribution is 5.79. The number of halogens is 3. The van der Waals surface area contributed by atoms with Crippen LogP contribution in [0.4, 0.5) is 13.2 Å². The maximum absolute atomic E-state index is 12.9. The van der Waals surface area contributed by atoms with Crippen LogP contribution in [0.25, 0.3) is 0 Å². The number of hydrogen-bond acceptors (Lipinski definition) is 2. The molecule has 2 aromatic rings. The molecule has 0 aliphatic heterocycles. The summed E-state index contributed by atoms with van der Waals surface area (Å²) in [4.78, 5) is 12.4. The van der Waals surface area contributed by atoms with Crippen molar-refractivity contribution in [3.8, 4) is 0 Å². The summed E-state index contributed by atoms with van der Waals surface area (Å²) in [5.41, 5.74) is 2.31. The molecule has 0 saturated heterocycles. The van der Waals surface area contributed by atoms with Crippen LogP contribution in [-0.4, -0.2) is 15.7 Å². The molecule has 1 heterocycles. The minimum atomic E-state index is -4.40. The van der Waals surface area contributed by atoms with Gasteiger partial charge in [0.1, 0.15) is 0 Å². The van der Waals surface area contributed by atoms with Crippen LogP contribution in [0.2, 0.25) is 0 Å². The molecule has 1 N–H and O–H groups in total. The number of carbonyl (C=O) groups excluding carboxylic acids is 1. The molecule has 0 bridgehead atoms. The van der Waals surface area contributed by atoms with E-state index in [-0.39, 0.29) is 12.3 Å². The van der Waals surface area contributed by atoms with Gasteiger partial charge in [-0.3, -0.25) is 9.48 Å². The second kappa shape index (κ2) is 8.15. The molecule has 0 aliphatic rings. The van der Waals surface area contributed by atoms with Crippen molar-refractivity contribution in [2.24, 2.45) is 5.92 Å². The van der Waals surface area contributed by atoms with Gasteiger partial charge >= 0.3 is 6.18 Å². The van der Waals surface area contributed by atoms with Crippen LogP contribution in [0, 0.1) is 19.8 Å². The van der Waals surface area contributed by atoms with Gasteiger partial charge in [0.05, 0.1) is 23.7 Å². The highest BCUT2D eigenvalue weighted by Gasteiger charge is 2.30. The van der Waals surface area contributed by atoms with Crippen molar-refractivity contribution in [1.29, 1.82) is 0 Å². The first kappa shape index (κ1) is 21.0. The molecule has 1 atom stereocenters. The Kier molecular flexibility index (Phi) is 6.34. The summed E-state index contributed by atoms with van der Waals surface area (Å²) in [6.07, 6.45) is -4.25. The highest BCUT2D eigenvalue weighted by Crippen LogP contribution is 2.30. The lowest BCUT2D eigenvalue weighted by molar-refractivity contribution is -0.137. The van der Waals surface area contributed by atoms with Gasteiger partial charge < -0.3 is 5.32 Å². The molecular weight excluding hydrogens is 355 g/mol. The monoisotopic (exact) mass is 381 g/mol. The van der Waals surface area contributed by atoms with E-state index >= 15 is 0 Å². The van der Waals surface area contributed by atoms with Crippen molar-refractivity contribution in [2.75, 3.05) is 0 Å². The molecule has 27 heavy (non-hydrogen) atoms. The lowest BCUT2D eigenvalue weighted by Gasteiger charge is -2.16. The van der Waals surface area contributed by atoms with Crippen LogP contribution >= 0.6 is 0 Å². The highest BCUT2D eigenvalue weighted by atomic mass is 19.4. The summed E-state index contributed by atoms with van der Waals surface area (Å²) < 4.78 is 40.5. The maximum atomic E-state index is 12.9. The molecule has 148 valence electrons. The molecule has 0 unspecified atom stereocenters. The fraction of sp³-hybridized carbons (Fsp3) is 0.500. The van der Waals surface area contributed by atoms with Crippen LogP contribution in [0.3, 0.4) is 0 Å². The Morgan fingerprint density at radius 1 is 1.22 bits per heavy atom. The number of rotatable bonds is 6. The topological polar surface area (TPSA) is 46.9 Å². The summed E-state index contributed by atoms with van der Waals surface area (Å²) >= 11 is 0. The second-order valence-electron chi connectivity index (χ2n) is 7.31. The Morgan fingerprint density at radius 2 is 1.89 bits per heavy atom. The van der Waals surface area contributed by atoms with Crippen molar-refractivity contribution >= 4 is 5.91 Å². The molecule has 1 aromatic heterocycles. The van der Waals surface area contributed by atoms with Gasteiger partial charge in [0, 0.05) is 17.8 Å². The Labute approximate surface area is 157 Å². The first-order chi connectivity index (χ1) is 12.5. The minimum Gasteiger partial charge on any atom is -0.349 e. The van der Waals surface area contributed by atoms with Crippen LogP contribution in [0.1, 0.15) is 54.9 Å². The predicted octanol–water partition coefficient (Wildman–Crippen LogP) is 4.59. The van der Waals surface area contributed by atoms with Crippen LogP contribution in [0.5, 0.6) is 0 Å². The maximum Gasteiger partial charge on any atom is 0.416 e. The number of benzene rings is 1. The molecule has 7 heteroatoms. The van der Waals surface area contributed by atoms with E-state index in [0.717, 1.165) is 35.6 Å². The number of aromatic nitrogens is 2. The Morgan fingerprint density at radius 3 is 2.48 bits per heavy atom. The number of nitrogens with zero attached hydrogens (tertiary/aromatic N) is 2. The quantitative estimate of drug-likeness (QED) is 0.795. The predicted molar refractivity (Wildman–Crippen MR) is 98.2 cm³/mol. The van der Waals surface area contributed by atoms with Crippen LogP contribution in [-0.2, 0) is 23.9 Å². The van der Waals surface area contributed by atoms with Gasteiger partial charge in [0.15, 0.2) is 0 Å². The number of nitrogens with one attached hydrogen (secondary N) is 1. The van der Waals surface area contributed by atoms with Gasteiger partial charge in [-0.05, 0) is 44.4 Å². The van der Waals surface area contributed by atoms with Gasteiger partial charge in [0.25, 0.3) is 0 Å². The first-order valence-electron chi connectivity index (χ1n) is 8.98. The molecule has 1 aromatic carbocycles. The summed E-state index contributed by atoms with van der Waals surface area (Å²) in [7, 11) is 0. The van der Waals surface area contributed by atoms with Crippen LogP contribution in [0.15, 0.2) is 24.3 Å². The molecule has 0 radical (unpaired) electrons. The zero-order valence-electron chi connectivity index (χ0n) is 16.3. The van der Waals surface area contributed by atoms with Gasteiger partial charge in [-0.1, -0.05) is 26.0 Å². The lowest BCUT2D eigenvalue weighted by Crippen LogP contribution is -2.28. The number of amides is 1. The van der Waals surface area contributed by atoms with Crippen molar-refractivity contribution in [3.05, 3.63) is 52.3 Å². The van der Waals surface area contributed by atoms with E-state index in [1.807, 2.05) is 18.5 Å². The number of alkyl halides is 3. The van der Waals surface area contributed by atoms with Gasteiger partial charge in [-0.25, -0.2) is 0 Å². The second-order valence-corrected chi connectivity index (χ2v) is 7.31. The normalized spacial score (nSPS) is 13.1. The summed E-state index contributed by atoms with van der Waals surface area (Å²) in [6.45, 7) is 10.4. The fourth-order valence-corrected chi connectivity index (χ4v) is 3.03.